The minimum Gasteiger partial charge on any atom is -0.369 e. The minimum absolute atomic E-state index is 0.0763. The Balaban J connectivity index is 2.20. The van der Waals surface area contributed by atoms with Crippen LogP contribution in [0.5, 0.6) is 0 Å². The van der Waals surface area contributed by atoms with Gasteiger partial charge in [0.15, 0.2) is 0 Å². The Morgan fingerprint density at radius 2 is 2.05 bits per heavy atom. The van der Waals surface area contributed by atoms with Crippen LogP contribution < -0.4 is 16.6 Å². The number of amides is 1. The maximum Gasteiger partial charge on any atom is 0.256 e. The van der Waals surface area contributed by atoms with Gasteiger partial charge in [0.05, 0.1) is 11.0 Å². The number of hydrogen-bond donors (Lipinski definition) is 3. The number of nitrogens with zero attached hydrogens (tertiary/aromatic N) is 1. The number of alkyl halides is 1. The lowest BCUT2D eigenvalue weighted by Gasteiger charge is -2.09. The van der Waals surface area contributed by atoms with Crippen molar-refractivity contribution >= 4 is 27.8 Å². The Hall–Kier alpha value is -2.15. The van der Waals surface area contributed by atoms with Gasteiger partial charge in [-0.2, -0.15) is 0 Å². The number of benzene rings is 1. The highest BCUT2D eigenvalue weighted by atomic mass is 79.9. The summed E-state index contributed by atoms with van der Waals surface area (Å²) in [4.78, 5) is 30.1. The van der Waals surface area contributed by atoms with Crippen LogP contribution in [0, 0.1) is 0 Å². The Kier molecular flexibility index (Phi) is 5.71. The molecule has 0 unspecified atom stereocenters. The van der Waals surface area contributed by atoms with E-state index in [2.05, 4.69) is 31.2 Å². The Labute approximate surface area is 136 Å². The van der Waals surface area contributed by atoms with Crippen molar-refractivity contribution in [2.45, 2.75) is 12.8 Å². The summed E-state index contributed by atoms with van der Waals surface area (Å²) in [7, 11) is 0. The summed E-state index contributed by atoms with van der Waals surface area (Å²) in [5.41, 5.74) is 7.43. The van der Waals surface area contributed by atoms with E-state index < -0.39 is 0 Å². The predicted octanol–water partition coefficient (Wildman–Crippen LogP) is 1.46. The molecule has 1 aromatic heterocycles. The summed E-state index contributed by atoms with van der Waals surface area (Å²) in [5, 5.41) is 3.02. The number of hydrogen-bond acceptors (Lipinski definition) is 4. The van der Waals surface area contributed by atoms with E-state index in [1.54, 1.807) is 0 Å². The van der Waals surface area contributed by atoms with E-state index in [4.69, 9.17) is 5.73 Å². The first kappa shape index (κ1) is 16.2. The zero-order chi connectivity index (χ0) is 15.9. The SMILES string of the molecule is Nc1nc(-c2ccccc2)c(CCCNC(=O)CBr)c(=O)[nH]1. The fraction of sp³-hybridized carbons (Fsp3) is 0.267. The monoisotopic (exact) mass is 364 g/mol. The highest BCUT2D eigenvalue weighted by molar-refractivity contribution is 9.09. The Morgan fingerprint density at radius 1 is 1.32 bits per heavy atom. The number of nitrogens with two attached hydrogens (primary N) is 1. The van der Waals surface area contributed by atoms with Crippen molar-refractivity contribution in [3.63, 3.8) is 0 Å². The van der Waals surface area contributed by atoms with E-state index in [1.807, 2.05) is 30.3 Å². The molecule has 2 rings (SSSR count). The van der Waals surface area contributed by atoms with Crippen LogP contribution >= 0.6 is 15.9 Å². The molecule has 0 bridgehead atoms. The molecule has 6 nitrogen and oxygen atoms in total. The van der Waals surface area contributed by atoms with Crippen LogP contribution in [-0.4, -0.2) is 27.7 Å². The average Bonchev–Trinajstić information content (AvgIpc) is 2.53. The lowest BCUT2D eigenvalue weighted by Crippen LogP contribution is -2.26. The lowest BCUT2D eigenvalue weighted by atomic mass is 10.0. The van der Waals surface area contributed by atoms with Crippen LogP contribution in [0.25, 0.3) is 11.3 Å². The fourth-order valence-electron chi connectivity index (χ4n) is 2.12. The van der Waals surface area contributed by atoms with Gasteiger partial charge in [0.1, 0.15) is 0 Å². The summed E-state index contributed by atoms with van der Waals surface area (Å²) in [6, 6.07) is 9.44. The molecule has 0 radical (unpaired) electrons. The molecule has 1 heterocycles. The zero-order valence-corrected chi connectivity index (χ0v) is 13.5. The van der Waals surface area contributed by atoms with E-state index >= 15 is 0 Å². The summed E-state index contributed by atoms with van der Waals surface area (Å²) < 4.78 is 0. The molecule has 0 saturated heterocycles. The van der Waals surface area contributed by atoms with Crippen molar-refractivity contribution in [3.05, 3.63) is 46.2 Å². The second-order valence-corrected chi connectivity index (χ2v) is 5.29. The molecule has 22 heavy (non-hydrogen) atoms. The second kappa shape index (κ2) is 7.74. The van der Waals surface area contributed by atoms with Crippen molar-refractivity contribution in [1.82, 2.24) is 15.3 Å². The molecule has 0 fully saturated rings. The number of H-pyrrole nitrogens is 1. The summed E-state index contributed by atoms with van der Waals surface area (Å²) in [6.07, 6.45) is 1.16. The van der Waals surface area contributed by atoms with Crippen LogP contribution in [0.1, 0.15) is 12.0 Å². The Bertz CT molecular complexity index is 700. The van der Waals surface area contributed by atoms with Gasteiger partial charge in [-0.3, -0.25) is 14.6 Å². The second-order valence-electron chi connectivity index (χ2n) is 4.73. The van der Waals surface area contributed by atoms with Crippen LogP contribution in [0.2, 0.25) is 0 Å². The summed E-state index contributed by atoms with van der Waals surface area (Å²) in [5.74, 6) is 0.0211. The molecule has 0 aliphatic carbocycles. The van der Waals surface area contributed by atoms with E-state index in [1.165, 1.54) is 0 Å². The molecule has 4 N–H and O–H groups in total. The number of halogens is 1. The van der Waals surface area contributed by atoms with Gasteiger partial charge in [-0.25, -0.2) is 4.98 Å². The van der Waals surface area contributed by atoms with Crippen LogP contribution in [0.15, 0.2) is 35.1 Å². The number of rotatable bonds is 6. The molecular formula is C15H17BrN4O2. The van der Waals surface area contributed by atoms with Gasteiger partial charge >= 0.3 is 0 Å². The van der Waals surface area contributed by atoms with Gasteiger partial charge in [0.25, 0.3) is 5.56 Å². The first-order valence-electron chi connectivity index (χ1n) is 6.88. The van der Waals surface area contributed by atoms with Crippen molar-refractivity contribution in [2.24, 2.45) is 0 Å². The molecule has 0 spiro atoms. The van der Waals surface area contributed by atoms with Crippen molar-refractivity contribution in [2.75, 3.05) is 17.6 Å². The smallest absolute Gasteiger partial charge is 0.256 e. The van der Waals surface area contributed by atoms with Crippen LogP contribution in [0.4, 0.5) is 5.95 Å². The number of aromatic amines is 1. The van der Waals surface area contributed by atoms with Gasteiger partial charge in [0.2, 0.25) is 11.9 Å². The molecule has 2 aromatic rings. The van der Waals surface area contributed by atoms with E-state index in [-0.39, 0.29) is 22.7 Å². The van der Waals surface area contributed by atoms with Gasteiger partial charge in [0, 0.05) is 17.7 Å². The number of aromatic nitrogens is 2. The van der Waals surface area contributed by atoms with Crippen molar-refractivity contribution < 1.29 is 4.79 Å². The average molecular weight is 365 g/mol. The summed E-state index contributed by atoms with van der Waals surface area (Å²) >= 11 is 3.08. The Morgan fingerprint density at radius 3 is 2.73 bits per heavy atom. The third-order valence-electron chi connectivity index (χ3n) is 3.13. The van der Waals surface area contributed by atoms with Crippen molar-refractivity contribution in [1.29, 1.82) is 0 Å². The lowest BCUT2D eigenvalue weighted by molar-refractivity contribution is -0.118. The van der Waals surface area contributed by atoms with Gasteiger partial charge in [-0.1, -0.05) is 46.3 Å². The molecule has 1 aromatic carbocycles. The molecule has 0 atom stereocenters. The van der Waals surface area contributed by atoms with Crippen LogP contribution in [0.3, 0.4) is 0 Å². The molecule has 0 aliphatic rings. The minimum atomic E-state index is -0.238. The number of nitrogen functional groups attached to an aromatic ring is 1. The largest absolute Gasteiger partial charge is 0.369 e. The third-order valence-corrected chi connectivity index (χ3v) is 3.64. The normalized spacial score (nSPS) is 10.4. The molecular weight excluding hydrogens is 348 g/mol. The highest BCUT2D eigenvalue weighted by Gasteiger charge is 2.12. The predicted molar refractivity (Wildman–Crippen MR) is 89.8 cm³/mol. The maximum absolute atomic E-state index is 12.1. The standard InChI is InChI=1S/C15H17BrN4O2/c16-9-12(21)18-8-4-7-11-13(10-5-2-1-3-6-10)19-15(17)20-14(11)22/h1-3,5-6H,4,7-9H2,(H,18,21)(H3,17,19,20,22). The zero-order valence-electron chi connectivity index (χ0n) is 11.9. The molecule has 7 heteroatoms. The highest BCUT2D eigenvalue weighted by Crippen LogP contribution is 2.20. The number of anilines is 1. The fourth-order valence-corrected chi connectivity index (χ4v) is 2.32. The van der Waals surface area contributed by atoms with Crippen LogP contribution in [-0.2, 0) is 11.2 Å². The van der Waals surface area contributed by atoms with E-state index in [9.17, 15) is 9.59 Å². The van der Waals surface area contributed by atoms with E-state index in [0.717, 1.165) is 5.56 Å². The van der Waals surface area contributed by atoms with Gasteiger partial charge < -0.3 is 11.1 Å². The molecule has 0 aliphatic heterocycles. The maximum atomic E-state index is 12.1. The topological polar surface area (TPSA) is 101 Å². The number of nitrogens with one attached hydrogen (secondary N) is 2. The number of carbonyl (C=O) groups excluding carboxylic acids is 1. The third kappa shape index (κ3) is 4.17. The quantitative estimate of drug-likeness (QED) is 0.533. The first-order chi connectivity index (χ1) is 10.6. The molecule has 0 saturated carbocycles. The number of carbonyl (C=O) groups is 1. The summed E-state index contributed by atoms with van der Waals surface area (Å²) in [6.45, 7) is 0.502. The first-order valence-corrected chi connectivity index (χ1v) is 8.00. The van der Waals surface area contributed by atoms with E-state index in [0.29, 0.717) is 30.6 Å². The van der Waals surface area contributed by atoms with Gasteiger partial charge in [-0.15, -0.1) is 0 Å². The molecule has 1 amide bonds. The van der Waals surface area contributed by atoms with Gasteiger partial charge in [-0.05, 0) is 12.8 Å². The van der Waals surface area contributed by atoms with Crippen molar-refractivity contribution in [3.8, 4) is 11.3 Å². The molecule has 116 valence electrons.